The molecule has 2 aromatic carbocycles. The molecule has 0 aromatic heterocycles. The van der Waals surface area contributed by atoms with Gasteiger partial charge in [0.2, 0.25) is 11.3 Å². The summed E-state index contributed by atoms with van der Waals surface area (Å²) in [6.07, 6.45) is -0.943. The Morgan fingerprint density at radius 3 is 2.69 bits per heavy atom. The number of halogens is 1. The molecule has 1 saturated heterocycles. The van der Waals surface area contributed by atoms with Gasteiger partial charge in [0.05, 0.1) is 18.0 Å². The van der Waals surface area contributed by atoms with Crippen LogP contribution in [0, 0.1) is 0 Å². The van der Waals surface area contributed by atoms with Crippen molar-refractivity contribution in [1.29, 1.82) is 0 Å². The highest BCUT2D eigenvalue weighted by molar-refractivity contribution is 8.26. The van der Waals surface area contributed by atoms with E-state index >= 15 is 0 Å². The van der Waals surface area contributed by atoms with Crippen LogP contribution in [-0.2, 0) is 16.1 Å². The summed E-state index contributed by atoms with van der Waals surface area (Å²) in [6, 6.07) is 14.7. The maximum absolute atomic E-state index is 12.7. The number of fused-ring (bicyclic) bond motifs is 1. The van der Waals surface area contributed by atoms with Gasteiger partial charge >= 0.3 is 0 Å². The number of rotatable bonds is 6. The highest BCUT2D eigenvalue weighted by Gasteiger charge is 2.40. The van der Waals surface area contributed by atoms with E-state index in [2.05, 4.69) is 0 Å². The molecule has 0 saturated carbocycles. The summed E-state index contributed by atoms with van der Waals surface area (Å²) < 4.78 is 5.74. The number of benzene rings is 2. The maximum atomic E-state index is 12.7. The molecule has 0 bridgehead atoms. The quantitative estimate of drug-likeness (QED) is 0.663. The van der Waals surface area contributed by atoms with Crippen molar-refractivity contribution in [3.05, 3.63) is 64.7 Å². The van der Waals surface area contributed by atoms with E-state index in [-0.39, 0.29) is 22.9 Å². The van der Waals surface area contributed by atoms with Crippen LogP contribution in [0.4, 0.5) is 4.79 Å². The third-order valence-electron chi connectivity index (χ3n) is 4.57. The van der Waals surface area contributed by atoms with Gasteiger partial charge in [-0.15, -0.1) is 11.8 Å². The summed E-state index contributed by atoms with van der Waals surface area (Å²) in [5, 5.41) is -0.140. The molecule has 1 fully saturated rings. The lowest BCUT2D eigenvalue weighted by atomic mass is 10.2. The van der Waals surface area contributed by atoms with E-state index < -0.39 is 6.23 Å². The molecule has 2 heterocycles. The average molecular weight is 449 g/mol. The Morgan fingerprint density at radius 1 is 1.10 bits per heavy atom. The van der Waals surface area contributed by atoms with E-state index in [1.807, 2.05) is 36.4 Å². The Bertz CT molecular complexity index is 957. The van der Waals surface area contributed by atoms with Gasteiger partial charge in [-0.2, -0.15) is 0 Å². The zero-order valence-electron chi connectivity index (χ0n) is 15.2. The van der Waals surface area contributed by atoms with E-state index in [0.29, 0.717) is 41.3 Å². The molecule has 2 aliphatic rings. The first kappa shape index (κ1) is 20.3. The molecule has 0 aliphatic carbocycles. The minimum atomic E-state index is -0.943. The van der Waals surface area contributed by atoms with Crippen molar-refractivity contribution in [2.24, 2.45) is 0 Å². The molecule has 2 aliphatic heterocycles. The van der Waals surface area contributed by atoms with Crippen molar-refractivity contribution in [2.45, 2.75) is 17.7 Å². The SMILES string of the molecule is O=C1SC(=O)N(Cc2ccccc2)C1OCCN1CSc2ccc(Cl)cc2C1=O. The number of hydrogen-bond acceptors (Lipinski definition) is 6. The molecule has 6 nitrogen and oxygen atoms in total. The zero-order valence-corrected chi connectivity index (χ0v) is 17.6. The number of thioether (sulfide) groups is 2. The molecule has 0 radical (unpaired) electrons. The smallest absolute Gasteiger partial charge is 0.292 e. The zero-order chi connectivity index (χ0) is 20.4. The molecule has 1 unspecified atom stereocenters. The fourth-order valence-corrected chi connectivity index (χ4v) is 5.04. The normalized spacial score (nSPS) is 19.1. The summed E-state index contributed by atoms with van der Waals surface area (Å²) in [5.74, 6) is 0.380. The second-order valence-corrected chi connectivity index (χ2v) is 8.89. The first-order valence-electron chi connectivity index (χ1n) is 8.92. The van der Waals surface area contributed by atoms with Crippen molar-refractivity contribution in [3.63, 3.8) is 0 Å². The Balaban J connectivity index is 1.37. The third-order valence-corrected chi connectivity index (χ3v) is 6.73. The molecule has 2 amide bonds. The molecule has 4 rings (SSSR count). The van der Waals surface area contributed by atoms with Crippen LogP contribution in [0.1, 0.15) is 15.9 Å². The largest absolute Gasteiger partial charge is 0.348 e. The minimum absolute atomic E-state index is 0.116. The van der Waals surface area contributed by atoms with Crippen LogP contribution in [0.3, 0.4) is 0 Å². The van der Waals surface area contributed by atoms with Gasteiger partial charge < -0.3 is 9.64 Å². The van der Waals surface area contributed by atoms with Crippen LogP contribution < -0.4 is 0 Å². The van der Waals surface area contributed by atoms with Gasteiger partial charge in [-0.25, -0.2) is 0 Å². The lowest BCUT2D eigenvalue weighted by Crippen LogP contribution is -2.41. The fourth-order valence-electron chi connectivity index (χ4n) is 3.12. The van der Waals surface area contributed by atoms with E-state index in [1.165, 1.54) is 4.90 Å². The second kappa shape index (κ2) is 8.79. The standard InChI is InChI=1S/C20H17ClN2O4S2/c21-14-6-7-16-15(10-14)17(24)22(12-28-16)8-9-27-18-19(25)29-20(26)23(18)11-13-4-2-1-3-5-13/h1-7,10,18H,8-9,11-12H2. The fraction of sp³-hybridized carbons (Fsp3) is 0.250. The van der Waals surface area contributed by atoms with Crippen molar-refractivity contribution in [3.8, 4) is 0 Å². The lowest BCUT2D eigenvalue weighted by Gasteiger charge is -2.29. The minimum Gasteiger partial charge on any atom is -0.348 e. The molecular formula is C20H17ClN2O4S2. The summed E-state index contributed by atoms with van der Waals surface area (Å²) >= 11 is 8.22. The first-order chi connectivity index (χ1) is 14.0. The van der Waals surface area contributed by atoms with E-state index in [9.17, 15) is 14.4 Å². The van der Waals surface area contributed by atoms with E-state index in [4.69, 9.17) is 16.3 Å². The van der Waals surface area contributed by atoms with Crippen LogP contribution in [0.15, 0.2) is 53.4 Å². The number of ether oxygens (including phenoxy) is 1. The topological polar surface area (TPSA) is 66.9 Å². The van der Waals surface area contributed by atoms with E-state index in [0.717, 1.165) is 10.5 Å². The van der Waals surface area contributed by atoms with Crippen molar-refractivity contribution < 1.29 is 19.1 Å². The highest BCUT2D eigenvalue weighted by Crippen LogP contribution is 2.32. The van der Waals surface area contributed by atoms with Gasteiger partial charge in [0.25, 0.3) is 11.1 Å². The van der Waals surface area contributed by atoms with Crippen LogP contribution in [0.25, 0.3) is 0 Å². The van der Waals surface area contributed by atoms with Crippen LogP contribution >= 0.6 is 35.1 Å². The number of hydrogen-bond donors (Lipinski definition) is 0. The van der Waals surface area contributed by atoms with E-state index in [1.54, 1.807) is 28.8 Å². The monoisotopic (exact) mass is 448 g/mol. The number of carbonyl (C=O) groups excluding carboxylic acids is 3. The number of amides is 2. The second-order valence-electron chi connectivity index (χ2n) is 6.51. The van der Waals surface area contributed by atoms with Gasteiger partial charge in [0.1, 0.15) is 0 Å². The summed E-state index contributed by atoms with van der Waals surface area (Å²) in [6.45, 7) is 0.769. The van der Waals surface area contributed by atoms with Gasteiger partial charge in [-0.3, -0.25) is 19.3 Å². The molecule has 29 heavy (non-hydrogen) atoms. The number of nitrogens with zero attached hydrogens (tertiary/aromatic N) is 2. The van der Waals surface area contributed by atoms with Gasteiger partial charge in [0.15, 0.2) is 0 Å². The Labute approximate surface area is 181 Å². The van der Waals surface area contributed by atoms with Gasteiger partial charge in [0, 0.05) is 34.8 Å². The molecule has 2 aromatic rings. The van der Waals surface area contributed by atoms with Crippen LogP contribution in [0.2, 0.25) is 5.02 Å². The molecule has 9 heteroatoms. The average Bonchev–Trinajstić information content (AvgIpc) is 2.98. The third kappa shape index (κ3) is 4.45. The Morgan fingerprint density at radius 2 is 1.90 bits per heavy atom. The Hall–Kier alpha value is -2.00. The first-order valence-corrected chi connectivity index (χ1v) is 11.1. The molecule has 0 spiro atoms. The predicted molar refractivity (Wildman–Crippen MR) is 113 cm³/mol. The summed E-state index contributed by atoms with van der Waals surface area (Å²) in [5.41, 5.74) is 1.49. The summed E-state index contributed by atoms with van der Waals surface area (Å²) in [4.78, 5) is 41.1. The van der Waals surface area contributed by atoms with Crippen molar-refractivity contribution in [1.82, 2.24) is 9.80 Å². The van der Waals surface area contributed by atoms with Crippen molar-refractivity contribution >= 4 is 51.4 Å². The lowest BCUT2D eigenvalue weighted by molar-refractivity contribution is -0.129. The van der Waals surface area contributed by atoms with Crippen LogP contribution in [-0.4, -0.2) is 51.3 Å². The molecule has 1 atom stereocenters. The molecular weight excluding hydrogens is 432 g/mol. The van der Waals surface area contributed by atoms with Gasteiger partial charge in [-0.05, 0) is 23.8 Å². The van der Waals surface area contributed by atoms with Crippen molar-refractivity contribution in [2.75, 3.05) is 19.0 Å². The summed E-state index contributed by atoms with van der Waals surface area (Å²) in [7, 11) is 0. The molecule has 150 valence electrons. The highest BCUT2D eigenvalue weighted by atomic mass is 35.5. The maximum Gasteiger partial charge on any atom is 0.292 e. The predicted octanol–water partition coefficient (Wildman–Crippen LogP) is 4.08. The van der Waals surface area contributed by atoms with Crippen LogP contribution in [0.5, 0.6) is 0 Å². The van der Waals surface area contributed by atoms with Gasteiger partial charge in [-0.1, -0.05) is 41.9 Å². The number of carbonyl (C=O) groups is 3. The Kier molecular flexibility index (Phi) is 6.15. The molecule has 0 N–H and O–H groups in total.